The number of halogens is 1. The summed E-state index contributed by atoms with van der Waals surface area (Å²) in [5.41, 5.74) is 9.09. The maximum atomic E-state index is 12.7. The number of aryl methyl sites for hydroxylation is 1. The number of nitrogens with one attached hydrogen (secondary N) is 2. The summed E-state index contributed by atoms with van der Waals surface area (Å²) < 4.78 is 7.03. The molecule has 8 heteroatoms. The SMILES string of the molecule is Cc1ccc(Nc2nc(-c3ccc(C(=O)N/N=C\c4ccc(OCc5ccc6ccccc6c5)c(I)c4)cc3)cs2)cc1. The molecule has 6 aromatic rings. The molecule has 0 aliphatic heterocycles. The predicted molar refractivity (Wildman–Crippen MR) is 185 cm³/mol. The monoisotopic (exact) mass is 694 g/mol. The normalized spacial score (nSPS) is 11.1. The van der Waals surface area contributed by atoms with E-state index in [0.29, 0.717) is 12.2 Å². The van der Waals surface area contributed by atoms with Crippen molar-refractivity contribution in [1.82, 2.24) is 10.4 Å². The van der Waals surface area contributed by atoms with Gasteiger partial charge in [-0.25, -0.2) is 10.4 Å². The Balaban J connectivity index is 1.02. The van der Waals surface area contributed by atoms with Crippen LogP contribution in [0.5, 0.6) is 5.75 Å². The molecule has 0 unspecified atom stereocenters. The Morgan fingerprint density at radius 2 is 1.72 bits per heavy atom. The summed E-state index contributed by atoms with van der Waals surface area (Å²) >= 11 is 3.79. The number of rotatable bonds is 9. The number of aromatic nitrogens is 1. The van der Waals surface area contributed by atoms with Gasteiger partial charge in [0.05, 0.1) is 15.5 Å². The van der Waals surface area contributed by atoms with Crippen molar-refractivity contribution in [1.29, 1.82) is 0 Å². The van der Waals surface area contributed by atoms with Crippen molar-refractivity contribution in [3.63, 3.8) is 0 Å². The molecule has 0 saturated carbocycles. The third kappa shape index (κ3) is 7.28. The van der Waals surface area contributed by atoms with Gasteiger partial charge in [0.2, 0.25) is 0 Å². The first kappa shape index (κ1) is 28.6. The van der Waals surface area contributed by atoms with Crippen molar-refractivity contribution in [2.45, 2.75) is 13.5 Å². The van der Waals surface area contributed by atoms with Gasteiger partial charge in [-0.05, 0) is 99.9 Å². The van der Waals surface area contributed by atoms with Crippen LogP contribution in [-0.4, -0.2) is 17.1 Å². The lowest BCUT2D eigenvalue weighted by atomic mass is 10.1. The largest absolute Gasteiger partial charge is 0.488 e. The Labute approximate surface area is 267 Å². The average molecular weight is 695 g/mol. The lowest BCUT2D eigenvalue weighted by molar-refractivity contribution is 0.0955. The minimum Gasteiger partial charge on any atom is -0.488 e. The van der Waals surface area contributed by atoms with Crippen molar-refractivity contribution in [3.8, 4) is 17.0 Å². The van der Waals surface area contributed by atoms with Gasteiger partial charge in [0.15, 0.2) is 5.13 Å². The fourth-order valence-corrected chi connectivity index (χ4v) is 5.89. The number of hydrazone groups is 1. The first-order valence-corrected chi connectivity index (χ1v) is 15.6. The van der Waals surface area contributed by atoms with Gasteiger partial charge in [-0.3, -0.25) is 4.79 Å². The van der Waals surface area contributed by atoms with E-state index in [1.807, 2.05) is 60.0 Å². The lowest BCUT2D eigenvalue weighted by Crippen LogP contribution is -2.17. The zero-order valence-corrected chi connectivity index (χ0v) is 26.2. The summed E-state index contributed by atoms with van der Waals surface area (Å²) in [5.74, 6) is 0.515. The molecular formula is C35H27IN4O2S. The smallest absolute Gasteiger partial charge is 0.271 e. The van der Waals surface area contributed by atoms with Crippen LogP contribution in [0.4, 0.5) is 10.8 Å². The molecule has 1 aromatic heterocycles. The Hall–Kier alpha value is -4.54. The minimum absolute atomic E-state index is 0.284. The van der Waals surface area contributed by atoms with Crippen LogP contribution in [0.25, 0.3) is 22.0 Å². The fraction of sp³-hybridized carbons (Fsp3) is 0.0571. The van der Waals surface area contributed by atoms with E-state index < -0.39 is 0 Å². The zero-order chi connectivity index (χ0) is 29.6. The Bertz CT molecular complexity index is 1920. The third-order valence-corrected chi connectivity index (χ3v) is 8.39. The van der Waals surface area contributed by atoms with Gasteiger partial charge < -0.3 is 10.1 Å². The molecule has 5 aromatic carbocycles. The van der Waals surface area contributed by atoms with Gasteiger partial charge in [-0.2, -0.15) is 5.10 Å². The van der Waals surface area contributed by atoms with Gasteiger partial charge >= 0.3 is 0 Å². The highest BCUT2D eigenvalue weighted by Gasteiger charge is 2.09. The van der Waals surface area contributed by atoms with E-state index in [9.17, 15) is 4.79 Å². The van der Waals surface area contributed by atoms with Crippen LogP contribution in [0.2, 0.25) is 0 Å². The first-order chi connectivity index (χ1) is 21.0. The molecule has 0 atom stereocenters. The molecule has 0 radical (unpaired) electrons. The summed E-state index contributed by atoms with van der Waals surface area (Å²) in [6.45, 7) is 2.54. The molecule has 0 aliphatic rings. The van der Waals surface area contributed by atoms with Crippen molar-refractivity contribution in [2.75, 3.05) is 5.32 Å². The fourth-order valence-electron chi connectivity index (χ4n) is 4.45. The van der Waals surface area contributed by atoms with E-state index in [1.54, 1.807) is 18.3 Å². The lowest BCUT2D eigenvalue weighted by Gasteiger charge is -2.10. The molecule has 43 heavy (non-hydrogen) atoms. The molecule has 0 fully saturated rings. The highest BCUT2D eigenvalue weighted by molar-refractivity contribution is 14.1. The highest BCUT2D eigenvalue weighted by Crippen LogP contribution is 2.28. The summed E-state index contributed by atoms with van der Waals surface area (Å²) in [5, 5.41) is 12.7. The van der Waals surface area contributed by atoms with Crippen LogP contribution in [0.15, 0.2) is 120 Å². The van der Waals surface area contributed by atoms with Crippen molar-refractivity contribution in [3.05, 3.63) is 140 Å². The van der Waals surface area contributed by atoms with Gasteiger partial charge in [-0.15, -0.1) is 11.3 Å². The second kappa shape index (κ2) is 13.2. The van der Waals surface area contributed by atoms with E-state index in [2.05, 4.69) is 92.8 Å². The number of carbonyl (C=O) groups excluding carboxylic acids is 1. The zero-order valence-electron chi connectivity index (χ0n) is 23.3. The molecule has 0 bridgehead atoms. The van der Waals surface area contributed by atoms with Crippen molar-refractivity contribution < 1.29 is 9.53 Å². The van der Waals surface area contributed by atoms with E-state index >= 15 is 0 Å². The third-order valence-electron chi connectivity index (χ3n) is 6.79. The minimum atomic E-state index is -0.284. The van der Waals surface area contributed by atoms with Gasteiger partial charge in [0, 0.05) is 22.2 Å². The summed E-state index contributed by atoms with van der Waals surface area (Å²) in [6.07, 6.45) is 1.62. The number of fused-ring (bicyclic) bond motifs is 1. The van der Waals surface area contributed by atoms with E-state index in [4.69, 9.17) is 4.74 Å². The molecular weight excluding hydrogens is 667 g/mol. The molecule has 0 saturated heterocycles. The number of nitrogens with zero attached hydrogens (tertiary/aromatic N) is 2. The molecule has 0 spiro atoms. The molecule has 0 aliphatic carbocycles. The van der Waals surface area contributed by atoms with Crippen LogP contribution in [0.3, 0.4) is 0 Å². The maximum absolute atomic E-state index is 12.7. The maximum Gasteiger partial charge on any atom is 0.271 e. The van der Waals surface area contributed by atoms with E-state index in [0.717, 1.165) is 42.5 Å². The van der Waals surface area contributed by atoms with Gasteiger partial charge in [0.1, 0.15) is 12.4 Å². The number of hydrogen-bond acceptors (Lipinski definition) is 6. The second-order valence-corrected chi connectivity index (χ2v) is 12.0. The summed E-state index contributed by atoms with van der Waals surface area (Å²) in [6, 6.07) is 36.0. The molecule has 212 valence electrons. The van der Waals surface area contributed by atoms with Crippen LogP contribution < -0.4 is 15.5 Å². The average Bonchev–Trinajstić information content (AvgIpc) is 3.50. The van der Waals surface area contributed by atoms with Gasteiger partial charge in [0.25, 0.3) is 5.91 Å². The van der Waals surface area contributed by atoms with E-state index in [1.165, 1.54) is 27.7 Å². The summed E-state index contributed by atoms with van der Waals surface area (Å²) in [7, 11) is 0. The number of hydrogen-bond donors (Lipinski definition) is 2. The molecule has 6 nitrogen and oxygen atoms in total. The standard InChI is InChI=1S/C35H27IN4O2S/c1-23-6-15-30(16-7-23)38-35-39-32(22-43-35)27-11-13-28(14-12-27)34(41)40-37-20-24-9-17-33(31(36)19-24)42-21-25-8-10-26-4-2-3-5-29(26)18-25/h2-20,22H,21H2,1H3,(H,38,39)(H,40,41)/b37-20-. The number of benzene rings is 5. The van der Waals surface area contributed by atoms with E-state index in [-0.39, 0.29) is 5.91 Å². The molecule has 1 heterocycles. The second-order valence-electron chi connectivity index (χ2n) is 9.97. The van der Waals surface area contributed by atoms with Crippen LogP contribution in [0, 0.1) is 10.5 Å². The number of thiazole rings is 1. The Kier molecular flexibility index (Phi) is 8.76. The van der Waals surface area contributed by atoms with Crippen LogP contribution in [0.1, 0.15) is 27.0 Å². The first-order valence-electron chi connectivity index (χ1n) is 13.6. The predicted octanol–water partition coefficient (Wildman–Crippen LogP) is 8.96. The number of anilines is 2. The highest BCUT2D eigenvalue weighted by atomic mass is 127. The molecule has 6 rings (SSSR count). The van der Waals surface area contributed by atoms with Gasteiger partial charge in [-0.1, -0.05) is 66.2 Å². The summed E-state index contributed by atoms with van der Waals surface area (Å²) in [4.78, 5) is 17.3. The number of carbonyl (C=O) groups is 1. The van der Waals surface area contributed by atoms with Crippen molar-refractivity contribution >= 4 is 67.6 Å². The quantitative estimate of drug-likeness (QED) is 0.0901. The number of ether oxygens (including phenoxy) is 1. The Morgan fingerprint density at radius 1 is 0.930 bits per heavy atom. The molecule has 1 amide bonds. The van der Waals surface area contributed by atoms with Crippen molar-refractivity contribution in [2.24, 2.45) is 5.10 Å². The van der Waals surface area contributed by atoms with Crippen LogP contribution in [-0.2, 0) is 6.61 Å². The topological polar surface area (TPSA) is 75.6 Å². The number of amides is 1. The molecule has 2 N–H and O–H groups in total. The Morgan fingerprint density at radius 3 is 2.51 bits per heavy atom. The van der Waals surface area contributed by atoms with Crippen LogP contribution >= 0.6 is 33.9 Å².